The molecule has 1 aromatic heterocycles. The summed E-state index contributed by atoms with van der Waals surface area (Å²) in [6, 6.07) is 1.49. The van der Waals surface area contributed by atoms with Crippen molar-refractivity contribution < 1.29 is 19.5 Å². The van der Waals surface area contributed by atoms with Crippen LogP contribution >= 0.6 is 23.1 Å². The molecule has 1 aromatic rings. The number of anilines is 1. The SMILES string of the molecule is O=C(O)c1sccc1N1C(=O)CSCC1=O. The van der Waals surface area contributed by atoms with Gasteiger partial charge in [-0.15, -0.1) is 23.1 Å². The van der Waals surface area contributed by atoms with Crippen LogP contribution in [0.25, 0.3) is 0 Å². The monoisotopic (exact) mass is 257 g/mol. The maximum absolute atomic E-state index is 11.6. The number of rotatable bonds is 2. The largest absolute Gasteiger partial charge is 0.477 e. The topological polar surface area (TPSA) is 74.7 Å². The van der Waals surface area contributed by atoms with Crippen molar-refractivity contribution in [2.75, 3.05) is 16.4 Å². The highest BCUT2D eigenvalue weighted by atomic mass is 32.2. The zero-order valence-corrected chi connectivity index (χ0v) is 9.64. The number of imide groups is 1. The first-order valence-corrected chi connectivity index (χ1v) is 6.39. The smallest absolute Gasteiger partial charge is 0.348 e. The summed E-state index contributed by atoms with van der Waals surface area (Å²) in [5.74, 6) is -1.42. The summed E-state index contributed by atoms with van der Waals surface area (Å²) in [6.45, 7) is 0. The highest BCUT2D eigenvalue weighted by molar-refractivity contribution is 8.00. The summed E-state index contributed by atoms with van der Waals surface area (Å²) in [5.41, 5.74) is 0.188. The first-order chi connectivity index (χ1) is 7.61. The Morgan fingerprint density at radius 1 is 1.31 bits per heavy atom. The van der Waals surface area contributed by atoms with Gasteiger partial charge in [-0.05, 0) is 11.4 Å². The molecule has 7 heteroatoms. The molecule has 1 fully saturated rings. The number of carbonyl (C=O) groups is 3. The van der Waals surface area contributed by atoms with Crippen LogP contribution in [0.5, 0.6) is 0 Å². The molecular formula is C9H7NO4S2. The third-order valence-electron chi connectivity index (χ3n) is 2.03. The van der Waals surface area contributed by atoms with Crippen LogP contribution in [0.15, 0.2) is 11.4 Å². The van der Waals surface area contributed by atoms with Crippen molar-refractivity contribution in [1.82, 2.24) is 0 Å². The van der Waals surface area contributed by atoms with Gasteiger partial charge in [-0.1, -0.05) is 0 Å². The van der Waals surface area contributed by atoms with E-state index in [0.717, 1.165) is 16.2 Å². The molecule has 2 amide bonds. The van der Waals surface area contributed by atoms with Crippen molar-refractivity contribution in [2.45, 2.75) is 0 Å². The van der Waals surface area contributed by atoms with Crippen molar-refractivity contribution in [3.63, 3.8) is 0 Å². The van der Waals surface area contributed by atoms with E-state index in [2.05, 4.69) is 0 Å². The van der Waals surface area contributed by atoms with Crippen LogP contribution in [0, 0.1) is 0 Å². The zero-order chi connectivity index (χ0) is 11.7. The molecule has 0 spiro atoms. The van der Waals surface area contributed by atoms with Gasteiger partial charge in [0.25, 0.3) is 0 Å². The lowest BCUT2D eigenvalue weighted by Gasteiger charge is -2.23. The van der Waals surface area contributed by atoms with Crippen LogP contribution < -0.4 is 4.90 Å². The summed E-state index contributed by atoms with van der Waals surface area (Å²) in [5, 5.41) is 10.5. The summed E-state index contributed by atoms with van der Waals surface area (Å²) >= 11 is 2.24. The molecule has 1 saturated heterocycles. The van der Waals surface area contributed by atoms with Crippen LogP contribution in [0.3, 0.4) is 0 Å². The van der Waals surface area contributed by atoms with Gasteiger partial charge in [-0.2, -0.15) is 0 Å². The number of amides is 2. The van der Waals surface area contributed by atoms with E-state index in [9.17, 15) is 14.4 Å². The van der Waals surface area contributed by atoms with Gasteiger partial charge < -0.3 is 5.11 Å². The van der Waals surface area contributed by atoms with Gasteiger partial charge in [-0.3, -0.25) is 9.59 Å². The number of thiophene rings is 1. The maximum Gasteiger partial charge on any atom is 0.348 e. The van der Waals surface area contributed by atoms with E-state index in [1.165, 1.54) is 17.8 Å². The van der Waals surface area contributed by atoms with Crippen LogP contribution in [0.2, 0.25) is 0 Å². The van der Waals surface area contributed by atoms with Crippen LogP contribution in [-0.4, -0.2) is 34.4 Å². The third-order valence-corrected chi connectivity index (χ3v) is 3.82. The average molecular weight is 257 g/mol. The molecule has 1 aliphatic rings. The minimum Gasteiger partial charge on any atom is -0.477 e. The molecular weight excluding hydrogens is 250 g/mol. The second-order valence-electron chi connectivity index (χ2n) is 3.06. The van der Waals surface area contributed by atoms with Gasteiger partial charge in [0.1, 0.15) is 4.88 Å². The highest BCUT2D eigenvalue weighted by Crippen LogP contribution is 2.29. The van der Waals surface area contributed by atoms with E-state index >= 15 is 0 Å². The van der Waals surface area contributed by atoms with Gasteiger partial charge in [-0.25, -0.2) is 9.69 Å². The second kappa shape index (κ2) is 4.26. The predicted octanol–water partition coefficient (Wildman–Crippen LogP) is 1.05. The Morgan fingerprint density at radius 3 is 2.50 bits per heavy atom. The molecule has 0 aliphatic carbocycles. The van der Waals surface area contributed by atoms with Gasteiger partial charge in [0.2, 0.25) is 11.8 Å². The molecule has 0 atom stereocenters. The predicted molar refractivity (Wildman–Crippen MR) is 61.1 cm³/mol. The lowest BCUT2D eigenvalue weighted by Crippen LogP contribution is -2.43. The fourth-order valence-electron chi connectivity index (χ4n) is 1.40. The average Bonchev–Trinajstić information content (AvgIpc) is 2.66. The number of aromatic carboxylic acids is 1. The van der Waals surface area contributed by atoms with Crippen molar-refractivity contribution >= 4 is 46.6 Å². The van der Waals surface area contributed by atoms with E-state index in [-0.39, 0.29) is 33.9 Å². The number of hydrogen-bond donors (Lipinski definition) is 1. The first-order valence-electron chi connectivity index (χ1n) is 4.35. The number of carbonyl (C=O) groups excluding carboxylic acids is 2. The summed E-state index contributed by atoms with van der Waals surface area (Å²) in [7, 11) is 0. The number of carboxylic acids is 1. The summed E-state index contributed by atoms with van der Waals surface area (Å²) in [4.78, 5) is 35.0. The Balaban J connectivity index is 2.42. The molecule has 0 saturated carbocycles. The molecule has 1 N–H and O–H groups in total. The Kier molecular flexibility index (Phi) is 2.97. The summed E-state index contributed by atoms with van der Waals surface area (Å²) < 4.78 is 0. The molecule has 1 aliphatic heterocycles. The molecule has 0 radical (unpaired) electrons. The molecule has 0 unspecified atom stereocenters. The Bertz CT molecular complexity index is 452. The third kappa shape index (κ3) is 1.83. The molecule has 0 aromatic carbocycles. The lowest BCUT2D eigenvalue weighted by molar-refractivity contribution is -0.124. The van der Waals surface area contributed by atoms with Gasteiger partial charge >= 0.3 is 5.97 Å². The normalized spacial score (nSPS) is 16.6. The van der Waals surface area contributed by atoms with Crippen molar-refractivity contribution in [3.05, 3.63) is 16.3 Å². The van der Waals surface area contributed by atoms with Crippen LogP contribution in [0.1, 0.15) is 9.67 Å². The van der Waals surface area contributed by atoms with E-state index in [4.69, 9.17) is 5.11 Å². The zero-order valence-electron chi connectivity index (χ0n) is 8.00. The highest BCUT2D eigenvalue weighted by Gasteiger charge is 2.31. The quantitative estimate of drug-likeness (QED) is 0.802. The first kappa shape index (κ1) is 11.2. The standard InChI is InChI=1S/C9H7NO4S2/c11-6-3-15-4-7(12)10(6)5-1-2-16-8(5)9(13)14/h1-2H,3-4H2,(H,13,14). The minimum atomic E-state index is -1.12. The van der Waals surface area contributed by atoms with E-state index < -0.39 is 5.97 Å². The second-order valence-corrected chi connectivity index (χ2v) is 4.96. The van der Waals surface area contributed by atoms with Gasteiger partial charge in [0.15, 0.2) is 0 Å². The van der Waals surface area contributed by atoms with E-state index in [1.807, 2.05) is 0 Å². The van der Waals surface area contributed by atoms with Gasteiger partial charge in [0, 0.05) is 0 Å². The number of nitrogens with zero attached hydrogens (tertiary/aromatic N) is 1. The van der Waals surface area contributed by atoms with Crippen LogP contribution in [0.4, 0.5) is 5.69 Å². The van der Waals surface area contributed by atoms with E-state index in [0.29, 0.717) is 0 Å². The maximum atomic E-state index is 11.6. The fourth-order valence-corrected chi connectivity index (χ4v) is 2.82. The van der Waals surface area contributed by atoms with Crippen LogP contribution in [-0.2, 0) is 9.59 Å². The molecule has 84 valence electrons. The Morgan fingerprint density at radius 2 is 1.94 bits per heavy atom. The number of hydrogen-bond acceptors (Lipinski definition) is 5. The molecule has 2 heterocycles. The lowest BCUT2D eigenvalue weighted by atomic mass is 10.3. The Hall–Kier alpha value is -1.34. The molecule has 16 heavy (non-hydrogen) atoms. The molecule has 2 rings (SSSR count). The summed E-state index contributed by atoms with van der Waals surface area (Å²) in [6.07, 6.45) is 0. The van der Waals surface area contributed by atoms with Crippen molar-refractivity contribution in [1.29, 1.82) is 0 Å². The number of carboxylic acid groups (broad SMARTS) is 1. The Labute approximate surface area is 99.1 Å². The van der Waals surface area contributed by atoms with E-state index in [1.54, 1.807) is 5.38 Å². The number of thioether (sulfide) groups is 1. The molecule has 0 bridgehead atoms. The minimum absolute atomic E-state index is 0.0219. The van der Waals surface area contributed by atoms with Crippen molar-refractivity contribution in [3.8, 4) is 0 Å². The van der Waals surface area contributed by atoms with Gasteiger partial charge in [0.05, 0.1) is 17.2 Å². The molecule has 5 nitrogen and oxygen atoms in total. The van der Waals surface area contributed by atoms with Crippen molar-refractivity contribution in [2.24, 2.45) is 0 Å². The fraction of sp³-hybridized carbons (Fsp3) is 0.222.